The lowest BCUT2D eigenvalue weighted by Gasteiger charge is -2.12. The molecule has 3 aromatic carbocycles. The molecular weight excluding hydrogens is 550 g/mol. The summed E-state index contributed by atoms with van der Waals surface area (Å²) in [5, 5.41) is 10.3. The summed E-state index contributed by atoms with van der Waals surface area (Å²) < 4.78 is 64.7. The summed E-state index contributed by atoms with van der Waals surface area (Å²) in [4.78, 5) is 11.0. The number of carbonyl (C=O) groups is 1. The van der Waals surface area contributed by atoms with E-state index in [-0.39, 0.29) is 39.3 Å². The van der Waals surface area contributed by atoms with Gasteiger partial charge in [0.05, 0.1) is 16.2 Å². The van der Waals surface area contributed by atoms with Crippen LogP contribution < -0.4 is 14.2 Å². The summed E-state index contributed by atoms with van der Waals surface area (Å²) in [6.07, 6.45) is -0.149. The monoisotopic (exact) mass is 573 g/mol. The van der Waals surface area contributed by atoms with Gasteiger partial charge in [0.15, 0.2) is 0 Å². The Balaban J connectivity index is 1.33. The molecule has 0 atom stereocenters. The van der Waals surface area contributed by atoms with E-state index >= 15 is 0 Å². The van der Waals surface area contributed by atoms with Crippen LogP contribution in [0.15, 0.2) is 104 Å². The molecule has 0 spiro atoms. The van der Waals surface area contributed by atoms with Crippen LogP contribution in [0.2, 0.25) is 0 Å². The number of ether oxygens (including phenoxy) is 2. The van der Waals surface area contributed by atoms with Crippen LogP contribution in [-0.2, 0) is 31.1 Å². The smallest absolute Gasteiger partial charge is 0.307 e. The van der Waals surface area contributed by atoms with Crippen molar-refractivity contribution >= 4 is 42.9 Å². The third-order valence-electron chi connectivity index (χ3n) is 5.21. The zero-order chi connectivity index (χ0) is 27.2. The van der Waals surface area contributed by atoms with E-state index in [0.29, 0.717) is 17.1 Å². The first-order valence-corrected chi connectivity index (χ1v) is 15.1. The number of aliphatic carboxylic acids is 1. The van der Waals surface area contributed by atoms with E-state index in [2.05, 4.69) is 4.72 Å². The first-order chi connectivity index (χ1) is 18.1. The number of nitrogens with one attached hydrogen (secondary N) is 1. The minimum absolute atomic E-state index is 0.0835. The Kier molecular flexibility index (Phi) is 8.35. The number of para-hydroxylation sites is 1. The SMILES string of the molecule is O=C(O)Cc1ccccc1OCCOc1ccc(NS(=O)(=O)c2cc(S(=O)(=O)c3ccccc3)cs2)cc1. The molecule has 1 heterocycles. The van der Waals surface area contributed by atoms with Gasteiger partial charge < -0.3 is 14.6 Å². The molecule has 0 bridgehead atoms. The Morgan fingerprint density at radius 1 is 0.816 bits per heavy atom. The molecule has 12 heteroatoms. The Labute approximate surface area is 224 Å². The van der Waals surface area contributed by atoms with E-state index in [1.54, 1.807) is 54.6 Å². The summed E-state index contributed by atoms with van der Waals surface area (Å²) >= 11 is 0.815. The van der Waals surface area contributed by atoms with Gasteiger partial charge in [0.2, 0.25) is 9.84 Å². The summed E-state index contributed by atoms with van der Waals surface area (Å²) in [6, 6.07) is 22.0. The zero-order valence-electron chi connectivity index (χ0n) is 19.8. The van der Waals surface area contributed by atoms with Crippen LogP contribution in [0.1, 0.15) is 5.56 Å². The number of benzene rings is 3. The van der Waals surface area contributed by atoms with Crippen molar-refractivity contribution in [3.8, 4) is 11.5 Å². The average Bonchev–Trinajstić information content (AvgIpc) is 3.41. The molecule has 4 aromatic rings. The minimum Gasteiger partial charge on any atom is -0.490 e. The van der Waals surface area contributed by atoms with Crippen LogP contribution in [0.5, 0.6) is 11.5 Å². The first-order valence-electron chi connectivity index (χ1n) is 11.2. The van der Waals surface area contributed by atoms with Gasteiger partial charge in [0.1, 0.15) is 28.9 Å². The van der Waals surface area contributed by atoms with Gasteiger partial charge in [0, 0.05) is 16.6 Å². The normalized spacial score (nSPS) is 11.6. The maximum Gasteiger partial charge on any atom is 0.307 e. The molecule has 0 fully saturated rings. The van der Waals surface area contributed by atoms with Gasteiger partial charge in [-0.1, -0.05) is 36.4 Å². The average molecular weight is 574 g/mol. The van der Waals surface area contributed by atoms with Crippen LogP contribution in [0, 0.1) is 0 Å². The zero-order valence-corrected chi connectivity index (χ0v) is 22.3. The molecular formula is C26H23NO8S3. The molecule has 2 N–H and O–H groups in total. The number of hydrogen-bond acceptors (Lipinski definition) is 8. The topological polar surface area (TPSA) is 136 Å². The van der Waals surface area contributed by atoms with Gasteiger partial charge in [-0.25, -0.2) is 16.8 Å². The standard InChI is InChI=1S/C26H23NO8S3/c28-25(29)16-19-6-4-5-9-24(19)35-15-14-34-21-12-10-20(11-13-21)27-38(32,33)26-17-23(18-36-26)37(30,31)22-7-2-1-3-8-22/h1-13,17-18,27H,14-16H2,(H,28,29). The highest BCUT2D eigenvalue weighted by Gasteiger charge is 2.24. The van der Waals surface area contributed by atoms with Crippen molar-refractivity contribution in [3.63, 3.8) is 0 Å². The first kappa shape index (κ1) is 27.2. The Morgan fingerprint density at radius 2 is 1.47 bits per heavy atom. The predicted octanol–water partition coefficient (Wildman–Crippen LogP) is 4.47. The molecule has 4 rings (SSSR count). The minimum atomic E-state index is -4.01. The molecule has 0 amide bonds. The van der Waals surface area contributed by atoms with Crippen molar-refractivity contribution in [2.75, 3.05) is 17.9 Å². The second-order valence-corrected chi connectivity index (χ2v) is 12.7. The van der Waals surface area contributed by atoms with Gasteiger partial charge in [-0.05, 0) is 48.5 Å². The molecule has 0 aliphatic rings. The maximum atomic E-state index is 12.8. The van der Waals surface area contributed by atoms with Crippen molar-refractivity contribution < 1.29 is 36.2 Å². The van der Waals surface area contributed by atoms with Crippen molar-refractivity contribution in [1.82, 2.24) is 0 Å². The Bertz CT molecular complexity index is 1610. The number of carboxylic acids is 1. The number of hydrogen-bond donors (Lipinski definition) is 2. The summed E-state index contributed by atoms with van der Waals surface area (Å²) in [5.74, 6) is -0.0101. The van der Waals surface area contributed by atoms with E-state index in [9.17, 15) is 21.6 Å². The van der Waals surface area contributed by atoms with Crippen molar-refractivity contribution in [1.29, 1.82) is 0 Å². The number of rotatable bonds is 12. The highest BCUT2D eigenvalue weighted by atomic mass is 32.2. The van der Waals surface area contributed by atoms with Gasteiger partial charge in [0.25, 0.3) is 10.0 Å². The van der Waals surface area contributed by atoms with E-state index in [4.69, 9.17) is 14.6 Å². The van der Waals surface area contributed by atoms with Crippen molar-refractivity contribution in [2.24, 2.45) is 0 Å². The second-order valence-electron chi connectivity index (χ2n) is 7.92. The predicted molar refractivity (Wildman–Crippen MR) is 142 cm³/mol. The fourth-order valence-corrected chi connectivity index (χ4v) is 7.37. The van der Waals surface area contributed by atoms with Gasteiger partial charge in [-0.15, -0.1) is 11.3 Å². The number of thiophene rings is 1. The molecule has 1 aromatic heterocycles. The quantitative estimate of drug-likeness (QED) is 0.237. The van der Waals surface area contributed by atoms with E-state index in [0.717, 1.165) is 17.4 Å². The lowest BCUT2D eigenvalue weighted by molar-refractivity contribution is -0.136. The third-order valence-corrected chi connectivity index (χ3v) is 9.93. The van der Waals surface area contributed by atoms with Crippen LogP contribution in [0.3, 0.4) is 0 Å². The fraction of sp³-hybridized carbons (Fsp3) is 0.115. The van der Waals surface area contributed by atoms with Crippen LogP contribution in [0.25, 0.3) is 0 Å². The number of carboxylic acid groups (broad SMARTS) is 1. The Hall–Kier alpha value is -3.87. The molecule has 0 radical (unpaired) electrons. The van der Waals surface area contributed by atoms with Gasteiger partial charge in [-0.3, -0.25) is 9.52 Å². The molecule has 9 nitrogen and oxygen atoms in total. The number of sulfonamides is 1. The fourth-order valence-electron chi connectivity index (χ4n) is 3.41. The molecule has 38 heavy (non-hydrogen) atoms. The summed E-state index contributed by atoms with van der Waals surface area (Å²) in [5.41, 5.74) is 0.837. The van der Waals surface area contributed by atoms with Gasteiger partial charge >= 0.3 is 5.97 Å². The van der Waals surface area contributed by atoms with Crippen molar-refractivity contribution in [2.45, 2.75) is 20.4 Å². The maximum absolute atomic E-state index is 12.8. The molecule has 0 saturated carbocycles. The largest absolute Gasteiger partial charge is 0.490 e. The van der Waals surface area contributed by atoms with Crippen molar-refractivity contribution in [3.05, 3.63) is 95.9 Å². The highest BCUT2D eigenvalue weighted by molar-refractivity contribution is 7.95. The van der Waals surface area contributed by atoms with Crippen LogP contribution in [0.4, 0.5) is 5.69 Å². The lowest BCUT2D eigenvalue weighted by atomic mass is 10.1. The third kappa shape index (κ3) is 6.71. The van der Waals surface area contributed by atoms with Gasteiger partial charge in [-0.2, -0.15) is 0 Å². The number of sulfone groups is 1. The number of anilines is 1. The highest BCUT2D eigenvalue weighted by Crippen LogP contribution is 2.29. The second kappa shape index (κ2) is 11.7. The summed E-state index contributed by atoms with van der Waals surface area (Å²) in [7, 11) is -7.84. The Morgan fingerprint density at radius 3 is 2.18 bits per heavy atom. The molecule has 0 aliphatic heterocycles. The molecule has 198 valence electrons. The van der Waals surface area contributed by atoms with E-state index < -0.39 is 25.8 Å². The van der Waals surface area contributed by atoms with Crippen LogP contribution >= 0.6 is 11.3 Å². The molecule has 0 saturated heterocycles. The molecule has 0 unspecified atom stereocenters. The van der Waals surface area contributed by atoms with E-state index in [1.165, 1.54) is 29.6 Å². The lowest BCUT2D eigenvalue weighted by Crippen LogP contribution is -2.12. The van der Waals surface area contributed by atoms with Crippen LogP contribution in [-0.4, -0.2) is 41.1 Å². The molecule has 0 aliphatic carbocycles. The summed E-state index contributed by atoms with van der Waals surface area (Å²) in [6.45, 7) is 0.359. The van der Waals surface area contributed by atoms with E-state index in [1.807, 2.05) is 0 Å².